The molecule has 118 valence electrons. The fourth-order valence-electron chi connectivity index (χ4n) is 2.91. The van der Waals surface area contributed by atoms with Gasteiger partial charge < -0.3 is 5.11 Å². The summed E-state index contributed by atoms with van der Waals surface area (Å²) < 4.78 is 56.4. The van der Waals surface area contributed by atoms with Crippen molar-refractivity contribution in [3.63, 3.8) is 0 Å². The van der Waals surface area contributed by atoms with Gasteiger partial charge in [-0.25, -0.2) is 13.2 Å². The summed E-state index contributed by atoms with van der Waals surface area (Å²) in [6.45, 7) is 1.32. The molecule has 1 atom stereocenters. The molecule has 0 bridgehead atoms. The van der Waals surface area contributed by atoms with Crippen molar-refractivity contribution in [3.8, 4) is 5.69 Å². The Kier molecular flexibility index (Phi) is 3.49. The van der Waals surface area contributed by atoms with Gasteiger partial charge in [-0.15, -0.1) is 0 Å². The number of hydrogen-bond donors (Lipinski definition) is 1. The third-order valence-corrected chi connectivity index (χ3v) is 4.18. The highest BCUT2D eigenvalue weighted by Crippen LogP contribution is 2.45. The first-order valence-corrected chi connectivity index (χ1v) is 7.02. The van der Waals surface area contributed by atoms with Crippen LogP contribution >= 0.6 is 11.6 Å². The summed E-state index contributed by atoms with van der Waals surface area (Å²) in [5.74, 6) is -4.78. The lowest BCUT2D eigenvalue weighted by molar-refractivity contribution is -0.122. The molecule has 1 aromatic carbocycles. The maximum atomic E-state index is 14.5. The highest BCUT2D eigenvalue weighted by Gasteiger charge is 2.46. The Bertz CT molecular complexity index is 736. The normalized spacial score (nSPS) is 20.0. The zero-order chi connectivity index (χ0) is 16.2. The van der Waals surface area contributed by atoms with Crippen LogP contribution in [0.1, 0.15) is 29.3 Å². The maximum absolute atomic E-state index is 14.5. The van der Waals surface area contributed by atoms with E-state index in [1.165, 1.54) is 13.0 Å². The Labute approximate surface area is 128 Å². The molecule has 2 aromatic rings. The van der Waals surface area contributed by atoms with Crippen LogP contribution in [0.4, 0.5) is 17.6 Å². The predicted molar refractivity (Wildman–Crippen MR) is 73.7 cm³/mol. The molecule has 3 rings (SSSR count). The zero-order valence-electron chi connectivity index (χ0n) is 11.5. The van der Waals surface area contributed by atoms with Gasteiger partial charge in [0.05, 0.1) is 5.69 Å². The summed E-state index contributed by atoms with van der Waals surface area (Å²) in [6.07, 6.45) is -2.80. The molecule has 0 saturated heterocycles. The Hall–Kier alpha value is -1.53. The lowest BCUT2D eigenvalue weighted by Gasteiger charge is -2.29. The Morgan fingerprint density at radius 2 is 1.95 bits per heavy atom. The van der Waals surface area contributed by atoms with E-state index < -0.39 is 30.2 Å². The van der Waals surface area contributed by atoms with Gasteiger partial charge in [0, 0.05) is 28.3 Å². The first kappa shape index (κ1) is 15.4. The van der Waals surface area contributed by atoms with Gasteiger partial charge in [0.1, 0.15) is 11.9 Å². The fraction of sp³-hybridized carbons (Fsp3) is 0.333. The zero-order valence-corrected chi connectivity index (χ0v) is 12.3. The van der Waals surface area contributed by atoms with Crippen LogP contribution in [0.3, 0.4) is 0 Å². The molecule has 0 fully saturated rings. The molecule has 0 aliphatic heterocycles. The quantitative estimate of drug-likeness (QED) is 0.772. The van der Waals surface area contributed by atoms with Crippen molar-refractivity contribution in [2.45, 2.75) is 31.8 Å². The molecule has 7 heteroatoms. The van der Waals surface area contributed by atoms with E-state index in [-0.39, 0.29) is 34.0 Å². The van der Waals surface area contributed by atoms with Gasteiger partial charge >= 0.3 is 0 Å². The van der Waals surface area contributed by atoms with E-state index in [2.05, 4.69) is 0 Å². The van der Waals surface area contributed by atoms with Crippen molar-refractivity contribution in [1.29, 1.82) is 0 Å². The minimum atomic E-state index is -3.31. The van der Waals surface area contributed by atoms with Crippen molar-refractivity contribution < 1.29 is 22.7 Å². The number of benzene rings is 1. The molecule has 1 aliphatic carbocycles. The van der Waals surface area contributed by atoms with Gasteiger partial charge in [0.25, 0.3) is 5.92 Å². The Balaban J connectivity index is 2.25. The molecular formula is C15H12ClF4NO. The van der Waals surface area contributed by atoms with Gasteiger partial charge in [-0.2, -0.15) is 4.39 Å². The van der Waals surface area contributed by atoms with Crippen molar-refractivity contribution in [1.82, 2.24) is 4.57 Å². The summed E-state index contributed by atoms with van der Waals surface area (Å²) in [5.41, 5.74) is 0.121. The number of fused-ring (bicyclic) bond motifs is 1. The molecule has 22 heavy (non-hydrogen) atoms. The third kappa shape index (κ3) is 2.21. The highest BCUT2D eigenvalue weighted by atomic mass is 35.5. The van der Waals surface area contributed by atoms with Gasteiger partial charge in [-0.1, -0.05) is 11.6 Å². The minimum Gasteiger partial charge on any atom is -0.382 e. The lowest BCUT2D eigenvalue weighted by Crippen LogP contribution is -2.32. The molecule has 1 heterocycles. The maximum Gasteiger partial charge on any atom is 0.278 e. The van der Waals surface area contributed by atoms with Crippen molar-refractivity contribution in [2.75, 3.05) is 0 Å². The van der Waals surface area contributed by atoms with E-state index in [1.807, 2.05) is 0 Å². The first-order chi connectivity index (χ1) is 10.2. The van der Waals surface area contributed by atoms with Crippen LogP contribution in [0.2, 0.25) is 5.02 Å². The summed E-state index contributed by atoms with van der Waals surface area (Å²) in [6, 6.07) is 3.47. The highest BCUT2D eigenvalue weighted by molar-refractivity contribution is 6.30. The number of rotatable bonds is 1. The van der Waals surface area contributed by atoms with Crippen LogP contribution in [0.5, 0.6) is 0 Å². The summed E-state index contributed by atoms with van der Waals surface area (Å²) in [4.78, 5) is 0. The van der Waals surface area contributed by atoms with Crippen LogP contribution in [0, 0.1) is 18.7 Å². The summed E-state index contributed by atoms with van der Waals surface area (Å²) >= 11 is 5.77. The average molecular weight is 334 g/mol. The molecular weight excluding hydrogens is 322 g/mol. The molecule has 1 unspecified atom stereocenters. The van der Waals surface area contributed by atoms with Crippen LogP contribution < -0.4 is 0 Å². The van der Waals surface area contributed by atoms with E-state index in [4.69, 9.17) is 11.6 Å². The van der Waals surface area contributed by atoms with Gasteiger partial charge in [-0.05, 0) is 31.5 Å². The predicted octanol–water partition coefficient (Wildman–Crippen LogP) is 4.33. The summed E-state index contributed by atoms with van der Waals surface area (Å²) in [5, 5.41) is 9.90. The van der Waals surface area contributed by atoms with Gasteiger partial charge in [0.15, 0.2) is 0 Å². The van der Waals surface area contributed by atoms with Gasteiger partial charge in [0.2, 0.25) is 5.95 Å². The van der Waals surface area contributed by atoms with Crippen molar-refractivity contribution >= 4 is 11.6 Å². The number of aliphatic hydroxyl groups is 1. The third-order valence-electron chi connectivity index (χ3n) is 3.96. The molecule has 2 nitrogen and oxygen atoms in total. The first-order valence-electron chi connectivity index (χ1n) is 6.64. The molecule has 0 spiro atoms. The summed E-state index contributed by atoms with van der Waals surface area (Å²) in [7, 11) is 0. The standard InChI is InChI=1S/C15H12ClF4NO/c1-7-12-11(2-3-15(19,20)13(12)22)21(14(7)18)10-5-8(16)4-9(17)6-10/h4-6,13,22H,2-3H2,1H3. The second kappa shape index (κ2) is 4.99. The molecule has 0 radical (unpaired) electrons. The number of nitrogens with zero attached hydrogens (tertiary/aromatic N) is 1. The second-order valence-corrected chi connectivity index (χ2v) is 5.84. The average Bonchev–Trinajstić information content (AvgIpc) is 2.66. The number of halogens is 5. The number of aromatic nitrogens is 1. The SMILES string of the molecule is Cc1c2c(n(-c3cc(F)cc(Cl)c3)c1F)CCC(F)(F)C2O. The number of alkyl halides is 2. The topological polar surface area (TPSA) is 25.2 Å². The largest absolute Gasteiger partial charge is 0.382 e. The molecule has 0 saturated carbocycles. The molecule has 0 amide bonds. The minimum absolute atomic E-state index is 0.0659. The number of aliphatic hydroxyl groups excluding tert-OH is 1. The van der Waals surface area contributed by atoms with Crippen LogP contribution in [-0.2, 0) is 6.42 Å². The smallest absolute Gasteiger partial charge is 0.278 e. The second-order valence-electron chi connectivity index (χ2n) is 5.40. The Morgan fingerprint density at radius 3 is 2.59 bits per heavy atom. The van der Waals surface area contributed by atoms with E-state index >= 15 is 0 Å². The van der Waals surface area contributed by atoms with Crippen LogP contribution in [0.15, 0.2) is 18.2 Å². The lowest BCUT2D eigenvalue weighted by atomic mass is 9.89. The van der Waals surface area contributed by atoms with Crippen molar-refractivity contribution in [2.24, 2.45) is 0 Å². The molecule has 1 aromatic heterocycles. The van der Waals surface area contributed by atoms with E-state index in [1.54, 1.807) is 0 Å². The number of hydrogen-bond acceptors (Lipinski definition) is 1. The van der Waals surface area contributed by atoms with Crippen LogP contribution in [0.25, 0.3) is 5.69 Å². The molecule has 1 aliphatic rings. The monoisotopic (exact) mass is 333 g/mol. The fourth-order valence-corrected chi connectivity index (χ4v) is 3.13. The van der Waals surface area contributed by atoms with Crippen LogP contribution in [-0.4, -0.2) is 15.6 Å². The van der Waals surface area contributed by atoms with Gasteiger partial charge in [-0.3, -0.25) is 4.57 Å². The van der Waals surface area contributed by atoms with E-state index in [0.717, 1.165) is 16.7 Å². The molecule has 1 N–H and O–H groups in total. The van der Waals surface area contributed by atoms with E-state index in [0.29, 0.717) is 0 Å². The van der Waals surface area contributed by atoms with E-state index in [9.17, 15) is 22.7 Å². The Morgan fingerprint density at radius 1 is 1.27 bits per heavy atom. The van der Waals surface area contributed by atoms with Crippen molar-refractivity contribution in [3.05, 3.63) is 51.8 Å².